The Morgan fingerprint density at radius 2 is 2.05 bits per heavy atom. The van der Waals surface area contributed by atoms with Crippen LogP contribution in [0.3, 0.4) is 0 Å². The lowest BCUT2D eigenvalue weighted by Gasteiger charge is -2.09. The Balaban J connectivity index is 1.58. The maximum atomic E-state index is 10.4. The molecule has 3 nitrogen and oxygen atoms in total. The van der Waals surface area contributed by atoms with Gasteiger partial charge in [0.1, 0.15) is 11.8 Å². The minimum absolute atomic E-state index is 0.552. The van der Waals surface area contributed by atoms with Crippen LogP contribution in [0.1, 0.15) is 34.9 Å². The smallest absolute Gasteiger partial charge is 0.137 e. The summed E-state index contributed by atoms with van der Waals surface area (Å²) in [6.45, 7) is 0. The van der Waals surface area contributed by atoms with Gasteiger partial charge in [0.05, 0.1) is 5.69 Å². The topological polar surface area (TPSA) is 37.5 Å². The summed E-state index contributed by atoms with van der Waals surface area (Å²) in [5.74, 6) is 0. The van der Waals surface area contributed by atoms with Crippen molar-refractivity contribution in [2.75, 3.05) is 0 Å². The molecule has 4 rings (SSSR count). The van der Waals surface area contributed by atoms with Crippen molar-refractivity contribution in [2.45, 2.75) is 31.8 Å². The molecule has 0 amide bonds. The van der Waals surface area contributed by atoms with Crippen LogP contribution in [0, 0.1) is 0 Å². The van der Waals surface area contributed by atoms with E-state index in [-0.39, 0.29) is 0 Å². The molecule has 1 N–H and O–H groups in total. The largest absolute Gasteiger partial charge is 0.386 e. The highest BCUT2D eigenvalue weighted by atomic mass is 16.3. The van der Waals surface area contributed by atoms with E-state index >= 15 is 0 Å². The van der Waals surface area contributed by atoms with Gasteiger partial charge in [0.15, 0.2) is 0 Å². The van der Waals surface area contributed by atoms with Crippen molar-refractivity contribution in [3.63, 3.8) is 0 Å². The number of rotatable bonds is 3. The second kappa shape index (κ2) is 5.01. The number of imidazole rings is 1. The number of benzene rings is 1. The summed E-state index contributed by atoms with van der Waals surface area (Å²) in [5.41, 5.74) is 5.73. The van der Waals surface area contributed by atoms with Gasteiger partial charge in [-0.05, 0) is 48.1 Å². The molecular weight excluding hydrogens is 260 g/mol. The third kappa shape index (κ3) is 2.34. The van der Waals surface area contributed by atoms with Gasteiger partial charge < -0.3 is 9.51 Å². The zero-order valence-corrected chi connectivity index (χ0v) is 11.9. The monoisotopic (exact) mass is 278 g/mol. The number of hydrogen-bond donors (Lipinski definition) is 1. The molecule has 3 heteroatoms. The second-order valence-corrected chi connectivity index (χ2v) is 5.81. The molecule has 0 spiro atoms. The summed E-state index contributed by atoms with van der Waals surface area (Å²) < 4.78 is 1.95. The van der Waals surface area contributed by atoms with Crippen LogP contribution in [0.5, 0.6) is 0 Å². The average Bonchev–Trinajstić information content (AvgIpc) is 3.13. The summed E-state index contributed by atoms with van der Waals surface area (Å²) in [6, 6.07) is 12.5. The van der Waals surface area contributed by atoms with E-state index in [4.69, 9.17) is 0 Å². The summed E-state index contributed by atoms with van der Waals surface area (Å²) in [4.78, 5) is 4.49. The normalized spacial score (nSPS) is 15.3. The highest BCUT2D eigenvalue weighted by molar-refractivity contribution is 5.40. The van der Waals surface area contributed by atoms with Gasteiger partial charge in [0.25, 0.3) is 0 Å². The van der Waals surface area contributed by atoms with Gasteiger partial charge in [-0.25, -0.2) is 4.98 Å². The average molecular weight is 278 g/mol. The highest BCUT2D eigenvalue weighted by Crippen LogP contribution is 2.25. The number of hydrogen-bond acceptors (Lipinski definition) is 2. The molecule has 0 aliphatic heterocycles. The summed E-state index contributed by atoms with van der Waals surface area (Å²) in [5, 5.41) is 10.4. The van der Waals surface area contributed by atoms with E-state index in [1.54, 1.807) is 0 Å². The van der Waals surface area contributed by atoms with Crippen molar-refractivity contribution in [1.29, 1.82) is 0 Å². The zero-order valence-electron chi connectivity index (χ0n) is 11.9. The zero-order chi connectivity index (χ0) is 14.2. The van der Waals surface area contributed by atoms with Crippen molar-refractivity contribution < 1.29 is 5.11 Å². The van der Waals surface area contributed by atoms with Crippen LogP contribution in [-0.2, 0) is 19.3 Å². The molecule has 1 unspecified atom stereocenters. The number of aliphatic hydroxyl groups excluding tert-OH is 1. The quantitative estimate of drug-likeness (QED) is 0.799. The molecule has 2 aromatic heterocycles. The molecular formula is C18H18N2O. The fourth-order valence-corrected chi connectivity index (χ4v) is 3.19. The van der Waals surface area contributed by atoms with Crippen LogP contribution in [0.15, 0.2) is 48.8 Å². The number of aryl methyl sites for hydroxylation is 2. The number of fused-ring (bicyclic) bond motifs is 2. The van der Waals surface area contributed by atoms with E-state index in [1.807, 2.05) is 35.0 Å². The van der Waals surface area contributed by atoms with Crippen LogP contribution >= 0.6 is 0 Å². The molecule has 1 aliphatic carbocycles. The fourth-order valence-electron chi connectivity index (χ4n) is 3.19. The first-order chi connectivity index (χ1) is 10.3. The standard InChI is InChI=1S/C18H18N2O/c21-17(16-12-20-9-2-1-6-18(20)19-16)11-13-7-8-14-4-3-5-15(14)10-13/h1-2,6-10,12,17,21H,3-5,11H2. The lowest BCUT2D eigenvalue weighted by atomic mass is 10.0. The minimum Gasteiger partial charge on any atom is -0.386 e. The maximum absolute atomic E-state index is 10.4. The third-order valence-corrected chi connectivity index (χ3v) is 4.32. The lowest BCUT2D eigenvalue weighted by molar-refractivity contribution is 0.174. The van der Waals surface area contributed by atoms with E-state index in [1.165, 1.54) is 36.0 Å². The summed E-state index contributed by atoms with van der Waals surface area (Å²) in [7, 11) is 0. The molecule has 0 bridgehead atoms. The van der Waals surface area contributed by atoms with Crippen LogP contribution in [0.4, 0.5) is 0 Å². The van der Waals surface area contributed by atoms with Crippen LogP contribution < -0.4 is 0 Å². The van der Waals surface area contributed by atoms with E-state index in [9.17, 15) is 5.11 Å². The van der Waals surface area contributed by atoms with Gasteiger partial charge in [-0.3, -0.25) is 0 Å². The molecule has 0 saturated heterocycles. The predicted octanol–water partition coefficient (Wildman–Crippen LogP) is 3.10. The van der Waals surface area contributed by atoms with Crippen molar-refractivity contribution in [3.8, 4) is 0 Å². The Bertz CT molecular complexity index is 758. The first kappa shape index (κ1) is 12.6. The van der Waals surface area contributed by atoms with E-state index in [0.29, 0.717) is 6.42 Å². The Kier molecular flexibility index (Phi) is 3.00. The van der Waals surface area contributed by atoms with Gasteiger partial charge in [-0.1, -0.05) is 24.3 Å². The van der Waals surface area contributed by atoms with Crippen LogP contribution in [0.2, 0.25) is 0 Å². The van der Waals surface area contributed by atoms with E-state index < -0.39 is 6.10 Å². The van der Waals surface area contributed by atoms with Crippen molar-refractivity contribution in [1.82, 2.24) is 9.38 Å². The number of aliphatic hydroxyl groups is 1. The predicted molar refractivity (Wildman–Crippen MR) is 82.3 cm³/mol. The third-order valence-electron chi connectivity index (χ3n) is 4.32. The van der Waals surface area contributed by atoms with Gasteiger partial charge in [-0.15, -0.1) is 0 Å². The Hall–Kier alpha value is -2.13. The van der Waals surface area contributed by atoms with E-state index in [0.717, 1.165) is 11.3 Å². The Morgan fingerprint density at radius 1 is 1.14 bits per heavy atom. The molecule has 1 aromatic carbocycles. The lowest BCUT2D eigenvalue weighted by Crippen LogP contribution is -2.02. The van der Waals surface area contributed by atoms with Crippen molar-refractivity contribution in [2.24, 2.45) is 0 Å². The van der Waals surface area contributed by atoms with Gasteiger partial charge in [-0.2, -0.15) is 0 Å². The van der Waals surface area contributed by atoms with Gasteiger partial charge in [0, 0.05) is 18.8 Å². The van der Waals surface area contributed by atoms with Crippen LogP contribution in [-0.4, -0.2) is 14.5 Å². The molecule has 1 aliphatic rings. The molecule has 106 valence electrons. The SMILES string of the molecule is OC(Cc1ccc2c(c1)CCC2)c1cn2ccccc2n1. The number of pyridine rings is 1. The highest BCUT2D eigenvalue weighted by Gasteiger charge is 2.15. The second-order valence-electron chi connectivity index (χ2n) is 5.81. The summed E-state index contributed by atoms with van der Waals surface area (Å²) >= 11 is 0. The molecule has 1 atom stereocenters. The van der Waals surface area contributed by atoms with Crippen LogP contribution in [0.25, 0.3) is 5.65 Å². The Morgan fingerprint density at radius 3 is 2.95 bits per heavy atom. The van der Waals surface area contributed by atoms with E-state index in [2.05, 4.69) is 23.2 Å². The first-order valence-corrected chi connectivity index (χ1v) is 7.52. The van der Waals surface area contributed by atoms with Crippen molar-refractivity contribution >= 4 is 5.65 Å². The molecule has 2 heterocycles. The number of aromatic nitrogens is 2. The molecule has 0 saturated carbocycles. The van der Waals surface area contributed by atoms with Gasteiger partial charge in [0.2, 0.25) is 0 Å². The van der Waals surface area contributed by atoms with Gasteiger partial charge >= 0.3 is 0 Å². The molecule has 0 radical (unpaired) electrons. The number of nitrogens with zero attached hydrogens (tertiary/aromatic N) is 2. The minimum atomic E-state index is -0.552. The Labute approximate surface area is 123 Å². The molecule has 3 aromatic rings. The summed E-state index contributed by atoms with van der Waals surface area (Å²) in [6.07, 6.45) is 7.56. The fraction of sp³-hybridized carbons (Fsp3) is 0.278. The van der Waals surface area contributed by atoms with Crippen molar-refractivity contribution in [3.05, 3.63) is 71.2 Å². The molecule has 0 fully saturated rings. The maximum Gasteiger partial charge on any atom is 0.137 e. The first-order valence-electron chi connectivity index (χ1n) is 7.52. The molecule has 21 heavy (non-hydrogen) atoms.